The number of amides is 1. The smallest absolute Gasteiger partial charge is 0.338 e. The third-order valence-electron chi connectivity index (χ3n) is 3.46. The molecule has 1 N–H and O–H groups in total. The number of aromatic nitrogens is 2. The van der Waals surface area contributed by atoms with Crippen LogP contribution in [0.15, 0.2) is 46.9 Å². The van der Waals surface area contributed by atoms with E-state index in [9.17, 15) is 9.59 Å². The first kappa shape index (κ1) is 18.9. The monoisotopic (exact) mass is 405 g/mol. The summed E-state index contributed by atoms with van der Waals surface area (Å²) in [4.78, 5) is 23.9. The van der Waals surface area contributed by atoms with E-state index >= 15 is 0 Å². The fraction of sp³-hybridized carbons (Fsp3) is 0.111. The molecule has 0 saturated carbocycles. The lowest BCUT2D eigenvalue weighted by Gasteiger charge is -2.03. The van der Waals surface area contributed by atoms with Gasteiger partial charge >= 0.3 is 12.0 Å². The maximum atomic E-state index is 12.3. The van der Waals surface area contributed by atoms with E-state index in [-0.39, 0.29) is 22.5 Å². The Kier molecular flexibility index (Phi) is 5.73. The van der Waals surface area contributed by atoms with Gasteiger partial charge in [-0.05, 0) is 49.4 Å². The molecule has 0 saturated heterocycles. The number of rotatable bonds is 5. The zero-order valence-electron chi connectivity index (χ0n) is 14.0. The first-order valence-electron chi connectivity index (χ1n) is 7.85. The van der Waals surface area contributed by atoms with Crippen LogP contribution in [0.2, 0.25) is 10.0 Å². The van der Waals surface area contributed by atoms with Gasteiger partial charge in [0.2, 0.25) is 5.89 Å². The molecule has 7 nitrogen and oxygen atoms in total. The summed E-state index contributed by atoms with van der Waals surface area (Å²) in [6, 6.07) is 10.9. The van der Waals surface area contributed by atoms with E-state index in [0.717, 1.165) is 0 Å². The zero-order valence-corrected chi connectivity index (χ0v) is 15.5. The molecule has 9 heteroatoms. The molecule has 0 bridgehead atoms. The van der Waals surface area contributed by atoms with Gasteiger partial charge in [0.1, 0.15) is 0 Å². The summed E-state index contributed by atoms with van der Waals surface area (Å²) in [6.45, 7) is 2.03. The van der Waals surface area contributed by atoms with Gasteiger partial charge in [0.05, 0.1) is 22.8 Å². The molecule has 0 radical (unpaired) electrons. The molecule has 138 valence electrons. The number of esters is 1. The van der Waals surface area contributed by atoms with Crippen LogP contribution in [0.5, 0.6) is 0 Å². The van der Waals surface area contributed by atoms with Crippen LogP contribution in [0.4, 0.5) is 6.01 Å². The lowest BCUT2D eigenvalue weighted by Crippen LogP contribution is -2.12. The van der Waals surface area contributed by atoms with Gasteiger partial charge in [0, 0.05) is 10.6 Å². The predicted molar refractivity (Wildman–Crippen MR) is 100 cm³/mol. The van der Waals surface area contributed by atoms with Crippen molar-refractivity contribution < 1.29 is 18.7 Å². The molecule has 0 spiro atoms. The highest BCUT2D eigenvalue weighted by molar-refractivity contribution is 6.37. The van der Waals surface area contributed by atoms with Crippen molar-refractivity contribution in [2.45, 2.75) is 6.92 Å². The largest absolute Gasteiger partial charge is 0.462 e. The van der Waals surface area contributed by atoms with Gasteiger partial charge in [0.15, 0.2) is 0 Å². The second-order valence-corrected chi connectivity index (χ2v) is 6.13. The number of halogens is 2. The quantitative estimate of drug-likeness (QED) is 0.629. The minimum Gasteiger partial charge on any atom is -0.462 e. The Morgan fingerprint density at radius 2 is 1.85 bits per heavy atom. The third-order valence-corrected chi connectivity index (χ3v) is 4.01. The van der Waals surface area contributed by atoms with Crippen molar-refractivity contribution in [2.24, 2.45) is 0 Å². The first-order valence-corrected chi connectivity index (χ1v) is 8.61. The minimum atomic E-state index is -0.510. The molecule has 0 aliphatic heterocycles. The molecule has 0 fully saturated rings. The van der Waals surface area contributed by atoms with Crippen LogP contribution in [0.3, 0.4) is 0 Å². The summed E-state index contributed by atoms with van der Waals surface area (Å²) >= 11 is 11.8. The van der Waals surface area contributed by atoms with Gasteiger partial charge < -0.3 is 9.15 Å². The summed E-state index contributed by atoms with van der Waals surface area (Å²) in [5, 5.41) is 10.8. The summed E-state index contributed by atoms with van der Waals surface area (Å²) in [7, 11) is 0. The first-order chi connectivity index (χ1) is 13.0. The maximum Gasteiger partial charge on any atom is 0.338 e. The highest BCUT2D eigenvalue weighted by Gasteiger charge is 2.16. The molecule has 3 rings (SSSR count). The van der Waals surface area contributed by atoms with Crippen LogP contribution in [-0.4, -0.2) is 28.7 Å². The highest BCUT2D eigenvalue weighted by atomic mass is 35.5. The topological polar surface area (TPSA) is 94.3 Å². The summed E-state index contributed by atoms with van der Waals surface area (Å²) in [5.41, 5.74) is 1.21. The number of carbonyl (C=O) groups is 2. The van der Waals surface area contributed by atoms with E-state index < -0.39 is 11.9 Å². The number of nitrogens with zero attached hydrogens (tertiary/aromatic N) is 2. The molecule has 1 heterocycles. The fourth-order valence-corrected chi connectivity index (χ4v) is 2.69. The predicted octanol–water partition coefficient (Wildman–Crippen LogP) is 4.47. The van der Waals surface area contributed by atoms with Gasteiger partial charge in [-0.2, -0.15) is 0 Å². The Balaban J connectivity index is 1.73. The lowest BCUT2D eigenvalue weighted by molar-refractivity contribution is 0.0526. The average molecular weight is 406 g/mol. The molecule has 0 aliphatic rings. The molecule has 0 atom stereocenters. The molecule has 2 aromatic carbocycles. The van der Waals surface area contributed by atoms with Crippen LogP contribution in [0, 0.1) is 0 Å². The number of ether oxygens (including phenoxy) is 1. The standard InChI is InChI=1S/C18H13Cl2N3O4/c1-2-26-17(25)11-5-3-10(4-6-11)16-22-23-18(27-16)21-15(24)13-8-7-12(19)9-14(13)20/h3-9H,2H2,1H3,(H,21,23,24). The van der Waals surface area contributed by atoms with Gasteiger partial charge in [-0.15, -0.1) is 5.10 Å². The van der Waals surface area contributed by atoms with Crippen molar-refractivity contribution in [3.05, 3.63) is 63.6 Å². The molecule has 1 aromatic heterocycles. The Hall–Kier alpha value is -2.90. The van der Waals surface area contributed by atoms with Crippen molar-refractivity contribution >= 4 is 41.1 Å². The van der Waals surface area contributed by atoms with Gasteiger partial charge in [-0.1, -0.05) is 28.3 Å². The third kappa shape index (κ3) is 4.45. The second-order valence-electron chi connectivity index (χ2n) is 5.29. The summed E-state index contributed by atoms with van der Waals surface area (Å²) in [6.07, 6.45) is 0. The molecular formula is C18H13Cl2N3O4. The van der Waals surface area contributed by atoms with Gasteiger partial charge in [-0.25, -0.2) is 4.79 Å². The number of hydrogen-bond donors (Lipinski definition) is 1. The Morgan fingerprint density at radius 3 is 2.52 bits per heavy atom. The van der Waals surface area contributed by atoms with Crippen molar-refractivity contribution in [3.8, 4) is 11.5 Å². The van der Waals surface area contributed by atoms with Crippen LogP contribution in [0.25, 0.3) is 11.5 Å². The van der Waals surface area contributed by atoms with Gasteiger partial charge in [0.25, 0.3) is 5.91 Å². The second kappa shape index (κ2) is 8.20. The Labute approximate surface area is 164 Å². The number of hydrogen-bond acceptors (Lipinski definition) is 6. The number of anilines is 1. The SMILES string of the molecule is CCOC(=O)c1ccc(-c2nnc(NC(=O)c3ccc(Cl)cc3Cl)o2)cc1. The van der Waals surface area contributed by atoms with Crippen molar-refractivity contribution in [1.82, 2.24) is 10.2 Å². The minimum absolute atomic E-state index is 0.0875. The fourth-order valence-electron chi connectivity index (χ4n) is 2.19. The van der Waals surface area contributed by atoms with E-state index in [4.69, 9.17) is 32.4 Å². The van der Waals surface area contributed by atoms with E-state index in [2.05, 4.69) is 15.5 Å². The average Bonchev–Trinajstić information content (AvgIpc) is 3.10. The molecule has 1 amide bonds. The van der Waals surface area contributed by atoms with Crippen LogP contribution in [0.1, 0.15) is 27.6 Å². The summed E-state index contributed by atoms with van der Waals surface area (Å²) < 4.78 is 10.4. The number of benzene rings is 2. The van der Waals surface area contributed by atoms with Crippen LogP contribution in [-0.2, 0) is 4.74 Å². The number of carbonyl (C=O) groups excluding carboxylic acids is 2. The van der Waals surface area contributed by atoms with Crippen molar-refractivity contribution in [3.63, 3.8) is 0 Å². The number of nitrogens with one attached hydrogen (secondary N) is 1. The summed E-state index contributed by atoms with van der Waals surface area (Å²) in [5.74, 6) is -0.741. The van der Waals surface area contributed by atoms with Crippen LogP contribution < -0.4 is 5.32 Å². The maximum absolute atomic E-state index is 12.3. The highest BCUT2D eigenvalue weighted by Crippen LogP contribution is 2.24. The molecule has 27 heavy (non-hydrogen) atoms. The van der Waals surface area contributed by atoms with E-state index in [1.807, 2.05) is 0 Å². The Bertz CT molecular complexity index is 987. The van der Waals surface area contributed by atoms with E-state index in [1.54, 1.807) is 37.3 Å². The van der Waals surface area contributed by atoms with Crippen molar-refractivity contribution in [1.29, 1.82) is 0 Å². The molecular weight excluding hydrogens is 393 g/mol. The van der Waals surface area contributed by atoms with Crippen molar-refractivity contribution in [2.75, 3.05) is 11.9 Å². The lowest BCUT2D eigenvalue weighted by atomic mass is 10.1. The normalized spacial score (nSPS) is 10.5. The molecule has 0 unspecified atom stereocenters. The molecule has 3 aromatic rings. The van der Waals surface area contributed by atoms with E-state index in [0.29, 0.717) is 22.8 Å². The zero-order chi connectivity index (χ0) is 19.4. The Morgan fingerprint density at radius 1 is 1.11 bits per heavy atom. The molecule has 0 aliphatic carbocycles. The van der Waals surface area contributed by atoms with Crippen LogP contribution >= 0.6 is 23.2 Å². The van der Waals surface area contributed by atoms with E-state index in [1.165, 1.54) is 12.1 Å². The van der Waals surface area contributed by atoms with Gasteiger partial charge in [-0.3, -0.25) is 10.1 Å².